The number of aliphatic carboxylic acids is 1. The molecule has 1 aromatic carbocycles. The number of carboxylic acid groups (broad SMARTS) is 1. The van der Waals surface area contributed by atoms with Crippen LogP contribution in [0.25, 0.3) is 0 Å². The number of nitrogens with zero attached hydrogens (tertiary/aromatic N) is 1. The third kappa shape index (κ3) is 3.29. The summed E-state index contributed by atoms with van der Waals surface area (Å²) in [5, 5.41) is 9.60. The Labute approximate surface area is 127 Å². The third-order valence-corrected chi connectivity index (χ3v) is 5.15. The van der Waals surface area contributed by atoms with Crippen molar-refractivity contribution in [1.29, 1.82) is 0 Å². The molecule has 0 aromatic heterocycles. The average molecular weight is 287 g/mol. The van der Waals surface area contributed by atoms with Crippen molar-refractivity contribution in [2.24, 2.45) is 5.92 Å². The first kappa shape index (κ1) is 14.6. The molecule has 1 aromatic rings. The lowest BCUT2D eigenvalue weighted by Crippen LogP contribution is -2.43. The highest BCUT2D eigenvalue weighted by atomic mass is 16.4. The SMILES string of the molecule is O=C(O)C1CCCCCC1N1CCCc2ccccc2C1. The number of hydrogen-bond donors (Lipinski definition) is 1. The number of benzene rings is 1. The molecule has 0 radical (unpaired) electrons. The predicted molar refractivity (Wildman–Crippen MR) is 83.2 cm³/mol. The summed E-state index contributed by atoms with van der Waals surface area (Å²) in [6.45, 7) is 1.95. The fraction of sp³-hybridized carbons (Fsp3) is 0.611. The highest BCUT2D eigenvalue weighted by molar-refractivity contribution is 5.71. The Morgan fingerprint density at radius 1 is 1.05 bits per heavy atom. The van der Waals surface area contributed by atoms with Gasteiger partial charge in [-0.25, -0.2) is 0 Å². The monoisotopic (exact) mass is 287 g/mol. The Balaban J connectivity index is 1.82. The van der Waals surface area contributed by atoms with E-state index in [0.717, 1.165) is 45.2 Å². The number of carboxylic acids is 1. The van der Waals surface area contributed by atoms with Crippen LogP contribution in [-0.4, -0.2) is 28.6 Å². The number of fused-ring (bicyclic) bond motifs is 1. The Kier molecular flexibility index (Phi) is 4.59. The molecule has 3 nitrogen and oxygen atoms in total. The van der Waals surface area contributed by atoms with Gasteiger partial charge in [0.2, 0.25) is 0 Å². The van der Waals surface area contributed by atoms with Gasteiger partial charge in [-0.2, -0.15) is 0 Å². The van der Waals surface area contributed by atoms with Gasteiger partial charge < -0.3 is 5.11 Å². The largest absolute Gasteiger partial charge is 0.481 e. The average Bonchev–Trinajstić information content (AvgIpc) is 2.85. The second-order valence-electron chi connectivity index (χ2n) is 6.49. The summed E-state index contributed by atoms with van der Waals surface area (Å²) in [5.74, 6) is -0.780. The first-order chi connectivity index (χ1) is 10.3. The molecule has 1 fully saturated rings. The fourth-order valence-corrected chi connectivity index (χ4v) is 4.02. The maximum absolute atomic E-state index is 11.7. The van der Waals surface area contributed by atoms with Gasteiger partial charge in [-0.15, -0.1) is 0 Å². The lowest BCUT2D eigenvalue weighted by molar-refractivity contribution is -0.144. The van der Waals surface area contributed by atoms with Crippen LogP contribution in [0.3, 0.4) is 0 Å². The van der Waals surface area contributed by atoms with Gasteiger partial charge in [0, 0.05) is 12.6 Å². The zero-order valence-electron chi connectivity index (χ0n) is 12.6. The summed E-state index contributed by atoms with van der Waals surface area (Å²) < 4.78 is 0. The minimum atomic E-state index is -0.598. The molecule has 1 saturated carbocycles. The minimum Gasteiger partial charge on any atom is -0.481 e. The highest BCUT2D eigenvalue weighted by Crippen LogP contribution is 2.31. The van der Waals surface area contributed by atoms with Crippen molar-refractivity contribution in [3.8, 4) is 0 Å². The van der Waals surface area contributed by atoms with E-state index in [1.807, 2.05) is 0 Å². The Hall–Kier alpha value is -1.35. The highest BCUT2D eigenvalue weighted by Gasteiger charge is 2.34. The van der Waals surface area contributed by atoms with E-state index in [-0.39, 0.29) is 12.0 Å². The molecule has 0 amide bonds. The molecule has 21 heavy (non-hydrogen) atoms. The van der Waals surface area contributed by atoms with Crippen LogP contribution < -0.4 is 0 Å². The minimum absolute atomic E-state index is 0.183. The second kappa shape index (κ2) is 6.61. The van der Waals surface area contributed by atoms with E-state index < -0.39 is 5.97 Å². The Morgan fingerprint density at radius 3 is 2.62 bits per heavy atom. The molecule has 1 aliphatic heterocycles. The lowest BCUT2D eigenvalue weighted by Gasteiger charge is -2.34. The van der Waals surface area contributed by atoms with Gasteiger partial charge in [0.1, 0.15) is 0 Å². The van der Waals surface area contributed by atoms with E-state index in [1.165, 1.54) is 24.0 Å². The molecule has 1 heterocycles. The molecule has 0 spiro atoms. The molecule has 1 N–H and O–H groups in total. The van der Waals surface area contributed by atoms with Crippen LogP contribution in [0.15, 0.2) is 24.3 Å². The standard InChI is InChI=1S/C18H25NO2/c20-18(21)16-10-2-1-3-11-17(16)19-12-6-9-14-7-4-5-8-15(14)13-19/h4-5,7-8,16-17H,1-3,6,9-13H2,(H,20,21). The Bertz CT molecular complexity index is 500. The summed E-state index contributed by atoms with van der Waals surface area (Å²) in [4.78, 5) is 14.1. The van der Waals surface area contributed by atoms with Crippen LogP contribution in [0.1, 0.15) is 49.7 Å². The van der Waals surface area contributed by atoms with Gasteiger partial charge in [0.25, 0.3) is 0 Å². The molecule has 0 bridgehead atoms. The molecule has 114 valence electrons. The zero-order valence-corrected chi connectivity index (χ0v) is 12.6. The molecular formula is C18H25NO2. The summed E-state index contributed by atoms with van der Waals surface area (Å²) in [6.07, 6.45) is 7.57. The van der Waals surface area contributed by atoms with Gasteiger partial charge in [-0.05, 0) is 43.4 Å². The molecule has 2 atom stereocenters. The van der Waals surface area contributed by atoms with Crippen molar-refractivity contribution in [2.45, 2.75) is 57.5 Å². The summed E-state index contributed by atoms with van der Waals surface area (Å²) in [6, 6.07) is 8.86. The molecule has 3 rings (SSSR count). The molecule has 2 aliphatic rings. The third-order valence-electron chi connectivity index (χ3n) is 5.15. The van der Waals surface area contributed by atoms with E-state index in [0.29, 0.717) is 0 Å². The van der Waals surface area contributed by atoms with Crippen LogP contribution >= 0.6 is 0 Å². The van der Waals surface area contributed by atoms with Gasteiger partial charge in [0.15, 0.2) is 0 Å². The predicted octanol–water partition coefficient (Wildman–Crippen LogP) is 3.47. The van der Waals surface area contributed by atoms with E-state index in [4.69, 9.17) is 0 Å². The number of aryl methyl sites for hydroxylation is 1. The molecule has 2 unspecified atom stereocenters. The number of rotatable bonds is 2. The lowest BCUT2D eigenvalue weighted by atomic mass is 9.93. The molecular weight excluding hydrogens is 262 g/mol. The smallest absolute Gasteiger partial charge is 0.308 e. The summed E-state index contributed by atoms with van der Waals surface area (Å²) in [7, 11) is 0. The second-order valence-corrected chi connectivity index (χ2v) is 6.49. The van der Waals surface area contributed by atoms with Crippen molar-refractivity contribution < 1.29 is 9.90 Å². The summed E-state index contributed by atoms with van der Waals surface area (Å²) in [5.41, 5.74) is 2.84. The van der Waals surface area contributed by atoms with Crippen LogP contribution in [0, 0.1) is 5.92 Å². The van der Waals surface area contributed by atoms with E-state index in [2.05, 4.69) is 29.2 Å². The molecule has 3 heteroatoms. The van der Waals surface area contributed by atoms with Gasteiger partial charge >= 0.3 is 5.97 Å². The summed E-state index contributed by atoms with van der Waals surface area (Å²) >= 11 is 0. The van der Waals surface area contributed by atoms with Crippen LogP contribution in [0.4, 0.5) is 0 Å². The van der Waals surface area contributed by atoms with Crippen molar-refractivity contribution in [2.75, 3.05) is 6.54 Å². The van der Waals surface area contributed by atoms with Gasteiger partial charge in [0.05, 0.1) is 5.92 Å². The van der Waals surface area contributed by atoms with Crippen molar-refractivity contribution in [3.63, 3.8) is 0 Å². The first-order valence-electron chi connectivity index (χ1n) is 8.29. The zero-order chi connectivity index (χ0) is 14.7. The fourth-order valence-electron chi connectivity index (χ4n) is 4.02. The Morgan fingerprint density at radius 2 is 1.81 bits per heavy atom. The molecule has 1 aliphatic carbocycles. The van der Waals surface area contributed by atoms with Crippen molar-refractivity contribution in [3.05, 3.63) is 35.4 Å². The van der Waals surface area contributed by atoms with Crippen LogP contribution in [0.2, 0.25) is 0 Å². The van der Waals surface area contributed by atoms with Crippen LogP contribution in [0.5, 0.6) is 0 Å². The number of carbonyl (C=O) groups is 1. The van der Waals surface area contributed by atoms with Crippen molar-refractivity contribution in [1.82, 2.24) is 4.90 Å². The van der Waals surface area contributed by atoms with Crippen LogP contribution in [-0.2, 0) is 17.8 Å². The first-order valence-corrected chi connectivity index (χ1v) is 8.29. The maximum atomic E-state index is 11.7. The van der Waals surface area contributed by atoms with E-state index >= 15 is 0 Å². The maximum Gasteiger partial charge on any atom is 0.308 e. The normalized spacial score (nSPS) is 27.4. The topological polar surface area (TPSA) is 40.5 Å². The van der Waals surface area contributed by atoms with Gasteiger partial charge in [-0.1, -0.05) is 43.5 Å². The molecule has 0 saturated heterocycles. The van der Waals surface area contributed by atoms with Crippen molar-refractivity contribution >= 4 is 5.97 Å². The van der Waals surface area contributed by atoms with E-state index in [1.54, 1.807) is 0 Å². The van der Waals surface area contributed by atoms with Gasteiger partial charge in [-0.3, -0.25) is 9.69 Å². The number of hydrogen-bond acceptors (Lipinski definition) is 2. The van der Waals surface area contributed by atoms with E-state index in [9.17, 15) is 9.90 Å². The quantitative estimate of drug-likeness (QED) is 0.847.